The van der Waals surface area contributed by atoms with E-state index in [0.29, 0.717) is 18.8 Å². The van der Waals surface area contributed by atoms with Gasteiger partial charge in [-0.1, -0.05) is 13.8 Å². The van der Waals surface area contributed by atoms with Crippen LogP contribution in [0.4, 0.5) is 0 Å². The van der Waals surface area contributed by atoms with Crippen molar-refractivity contribution in [2.45, 2.75) is 39.2 Å². The Morgan fingerprint density at radius 2 is 2.06 bits per heavy atom. The van der Waals surface area contributed by atoms with Crippen LogP contribution in [0.3, 0.4) is 0 Å². The minimum absolute atomic E-state index is 0.0487. The zero-order valence-electron chi connectivity index (χ0n) is 9.81. The average Bonchev–Trinajstić information content (AvgIpc) is 2.14. The van der Waals surface area contributed by atoms with Gasteiger partial charge in [0.25, 0.3) is 0 Å². The first-order valence-corrected chi connectivity index (χ1v) is 7.05. The fraction of sp³-hybridized carbons (Fsp3) is 0.900. The summed E-state index contributed by atoms with van der Waals surface area (Å²) in [5, 5.41) is 17.8. The summed E-state index contributed by atoms with van der Waals surface area (Å²) in [7, 11) is -3.35. The van der Waals surface area contributed by atoms with E-state index in [2.05, 4.69) is 4.72 Å². The second kappa shape index (κ2) is 7.60. The van der Waals surface area contributed by atoms with Gasteiger partial charge in [-0.3, -0.25) is 0 Å². The molecule has 0 fully saturated rings. The zero-order chi connectivity index (χ0) is 12.6. The van der Waals surface area contributed by atoms with Crippen molar-refractivity contribution in [2.75, 3.05) is 12.3 Å². The van der Waals surface area contributed by atoms with Crippen LogP contribution in [0.1, 0.15) is 33.1 Å². The molecule has 16 heavy (non-hydrogen) atoms. The van der Waals surface area contributed by atoms with Crippen molar-refractivity contribution in [2.24, 2.45) is 5.92 Å². The molecule has 0 spiro atoms. The Balaban J connectivity index is 3.86. The van der Waals surface area contributed by atoms with Gasteiger partial charge in [-0.2, -0.15) is 5.26 Å². The summed E-state index contributed by atoms with van der Waals surface area (Å²) in [5.41, 5.74) is 0. The molecule has 0 bridgehead atoms. The summed E-state index contributed by atoms with van der Waals surface area (Å²) in [5.74, 6) is 0.271. The number of rotatable bonds is 8. The molecule has 0 radical (unpaired) electrons. The quantitative estimate of drug-likeness (QED) is 0.616. The smallest absolute Gasteiger partial charge is 0.211 e. The van der Waals surface area contributed by atoms with Crippen LogP contribution in [0.2, 0.25) is 0 Å². The van der Waals surface area contributed by atoms with Crippen molar-refractivity contribution in [1.29, 1.82) is 5.26 Å². The predicted octanol–water partition coefficient (Wildman–Crippen LogP) is 0.617. The van der Waals surface area contributed by atoms with Gasteiger partial charge < -0.3 is 5.11 Å². The molecule has 0 saturated heterocycles. The molecule has 5 nitrogen and oxygen atoms in total. The topological polar surface area (TPSA) is 90.2 Å². The number of sulfonamides is 1. The average molecular weight is 248 g/mol. The molecule has 6 heteroatoms. The first kappa shape index (κ1) is 15.4. The van der Waals surface area contributed by atoms with E-state index < -0.39 is 16.1 Å². The molecular formula is C10H20N2O3S. The molecule has 0 aliphatic carbocycles. The number of unbranched alkanes of at least 4 members (excludes halogenated alkanes) is 1. The Labute approximate surface area is 97.5 Å². The van der Waals surface area contributed by atoms with Crippen LogP contribution in [-0.2, 0) is 10.0 Å². The highest BCUT2D eigenvalue weighted by atomic mass is 32.2. The molecule has 0 aliphatic heterocycles. The summed E-state index contributed by atoms with van der Waals surface area (Å²) < 4.78 is 25.1. The van der Waals surface area contributed by atoms with Gasteiger partial charge in [0.05, 0.1) is 17.9 Å². The summed E-state index contributed by atoms with van der Waals surface area (Å²) in [6, 6.07) is 1.89. The molecular weight excluding hydrogens is 228 g/mol. The van der Waals surface area contributed by atoms with Gasteiger partial charge >= 0.3 is 0 Å². The summed E-state index contributed by atoms with van der Waals surface area (Å²) >= 11 is 0. The predicted molar refractivity (Wildman–Crippen MR) is 62.1 cm³/mol. The van der Waals surface area contributed by atoms with Gasteiger partial charge in [0.15, 0.2) is 0 Å². The molecule has 0 aromatic heterocycles. The highest BCUT2D eigenvalue weighted by molar-refractivity contribution is 7.89. The van der Waals surface area contributed by atoms with Crippen LogP contribution < -0.4 is 4.72 Å². The molecule has 0 amide bonds. The van der Waals surface area contributed by atoms with Gasteiger partial charge in [-0.05, 0) is 18.8 Å². The van der Waals surface area contributed by atoms with Gasteiger partial charge in [0, 0.05) is 13.0 Å². The van der Waals surface area contributed by atoms with Crippen molar-refractivity contribution in [3.63, 3.8) is 0 Å². The lowest BCUT2D eigenvalue weighted by molar-refractivity contribution is 0.152. The van der Waals surface area contributed by atoms with Gasteiger partial charge in [-0.25, -0.2) is 13.1 Å². The number of hydrogen-bond donors (Lipinski definition) is 2. The third-order valence-corrected chi connectivity index (χ3v) is 3.42. The number of nitriles is 1. The maximum Gasteiger partial charge on any atom is 0.211 e. The van der Waals surface area contributed by atoms with Crippen molar-refractivity contribution < 1.29 is 13.5 Å². The summed E-state index contributed by atoms with van der Waals surface area (Å²) in [6.07, 6.45) is 0.480. The zero-order valence-corrected chi connectivity index (χ0v) is 10.6. The second-order valence-corrected chi connectivity index (χ2v) is 6.14. The number of nitrogens with zero attached hydrogens (tertiary/aromatic N) is 1. The van der Waals surface area contributed by atoms with Crippen LogP contribution in [0, 0.1) is 17.2 Å². The molecule has 1 atom stereocenters. The maximum absolute atomic E-state index is 11.4. The Morgan fingerprint density at radius 3 is 2.56 bits per heavy atom. The molecule has 0 saturated carbocycles. The standard InChI is InChI=1S/C10H20N2O3S/c1-9(2)7-10(13)8-12-16(14,15)6-4-3-5-11/h9-10,12-13H,3-4,6-8H2,1-2H3. The van der Waals surface area contributed by atoms with Crippen molar-refractivity contribution in [3.05, 3.63) is 0 Å². The number of aliphatic hydroxyl groups is 1. The van der Waals surface area contributed by atoms with E-state index in [1.807, 2.05) is 19.9 Å². The SMILES string of the molecule is CC(C)CC(O)CNS(=O)(=O)CCCC#N. The van der Waals surface area contributed by atoms with E-state index in [4.69, 9.17) is 5.26 Å². The monoisotopic (exact) mass is 248 g/mol. The normalized spacial score (nSPS) is 13.7. The molecule has 0 heterocycles. The molecule has 0 aliphatic rings. The van der Waals surface area contributed by atoms with Gasteiger partial charge in [-0.15, -0.1) is 0 Å². The first-order chi connectivity index (χ1) is 7.37. The fourth-order valence-electron chi connectivity index (χ4n) is 1.26. The number of hydrogen-bond acceptors (Lipinski definition) is 4. The Hall–Kier alpha value is -0.640. The molecule has 94 valence electrons. The lowest BCUT2D eigenvalue weighted by atomic mass is 10.1. The number of nitrogens with one attached hydrogen (secondary N) is 1. The first-order valence-electron chi connectivity index (χ1n) is 5.39. The van der Waals surface area contributed by atoms with E-state index in [0.717, 1.165) is 0 Å². The van der Waals surface area contributed by atoms with Gasteiger partial charge in [0.1, 0.15) is 0 Å². The Kier molecular flexibility index (Phi) is 7.30. The molecule has 1 unspecified atom stereocenters. The van der Waals surface area contributed by atoms with E-state index in [1.54, 1.807) is 0 Å². The fourth-order valence-corrected chi connectivity index (χ4v) is 2.38. The van der Waals surface area contributed by atoms with Crippen molar-refractivity contribution >= 4 is 10.0 Å². The minimum Gasteiger partial charge on any atom is -0.392 e. The van der Waals surface area contributed by atoms with Crippen LogP contribution in [0.5, 0.6) is 0 Å². The number of aliphatic hydroxyl groups excluding tert-OH is 1. The van der Waals surface area contributed by atoms with Gasteiger partial charge in [0.2, 0.25) is 10.0 Å². The third kappa shape index (κ3) is 8.65. The molecule has 2 N–H and O–H groups in total. The minimum atomic E-state index is -3.35. The van der Waals surface area contributed by atoms with Crippen LogP contribution >= 0.6 is 0 Å². The highest BCUT2D eigenvalue weighted by Gasteiger charge is 2.13. The summed E-state index contributed by atoms with van der Waals surface area (Å²) in [4.78, 5) is 0. The second-order valence-electron chi connectivity index (χ2n) is 4.21. The van der Waals surface area contributed by atoms with E-state index >= 15 is 0 Å². The van der Waals surface area contributed by atoms with Crippen molar-refractivity contribution in [3.8, 4) is 6.07 Å². The lowest BCUT2D eigenvalue weighted by Gasteiger charge is -2.13. The Morgan fingerprint density at radius 1 is 1.44 bits per heavy atom. The largest absolute Gasteiger partial charge is 0.392 e. The molecule has 0 aromatic rings. The molecule has 0 rings (SSSR count). The third-order valence-electron chi connectivity index (χ3n) is 1.98. The lowest BCUT2D eigenvalue weighted by Crippen LogP contribution is -2.34. The Bertz CT molecular complexity index is 319. The van der Waals surface area contributed by atoms with E-state index in [9.17, 15) is 13.5 Å². The maximum atomic E-state index is 11.4. The van der Waals surface area contributed by atoms with Crippen LogP contribution in [0.25, 0.3) is 0 Å². The summed E-state index contributed by atoms with van der Waals surface area (Å²) in [6.45, 7) is 3.97. The van der Waals surface area contributed by atoms with Crippen LogP contribution in [0.15, 0.2) is 0 Å². The van der Waals surface area contributed by atoms with E-state index in [-0.39, 0.29) is 18.7 Å². The van der Waals surface area contributed by atoms with Crippen molar-refractivity contribution in [1.82, 2.24) is 4.72 Å². The van der Waals surface area contributed by atoms with E-state index in [1.165, 1.54) is 0 Å². The highest BCUT2D eigenvalue weighted by Crippen LogP contribution is 2.04. The molecule has 0 aromatic carbocycles. The van der Waals surface area contributed by atoms with Crippen LogP contribution in [-0.4, -0.2) is 31.9 Å².